The second-order valence-electron chi connectivity index (χ2n) is 7.38. The van der Waals surface area contributed by atoms with Crippen molar-refractivity contribution in [2.24, 2.45) is 11.1 Å². The molecule has 1 amide bonds. The quantitative estimate of drug-likeness (QED) is 0.919. The van der Waals surface area contributed by atoms with Crippen molar-refractivity contribution < 1.29 is 4.79 Å². The molecular weight excluding hydrogens is 320 g/mol. The Labute approximate surface area is 150 Å². The molecule has 4 heteroatoms. The highest BCUT2D eigenvalue weighted by Gasteiger charge is 2.34. The van der Waals surface area contributed by atoms with E-state index in [4.69, 9.17) is 5.73 Å². The van der Waals surface area contributed by atoms with Crippen molar-refractivity contribution in [3.05, 3.63) is 48.0 Å². The van der Waals surface area contributed by atoms with Crippen molar-refractivity contribution in [1.82, 2.24) is 4.90 Å². The monoisotopic (exact) mass is 346 g/mol. The molecule has 1 heterocycles. The number of hydrogen-bond donors (Lipinski definition) is 1. The van der Waals surface area contributed by atoms with Crippen LogP contribution in [0.15, 0.2) is 42.5 Å². The van der Waals surface area contributed by atoms with Gasteiger partial charge in [-0.2, -0.15) is 0 Å². The summed E-state index contributed by atoms with van der Waals surface area (Å²) in [6, 6.07) is 15.0. The molecular formula is C20H27ClN2O. The van der Waals surface area contributed by atoms with E-state index in [1.165, 1.54) is 16.3 Å². The maximum absolute atomic E-state index is 12.5. The number of piperidine rings is 1. The number of likely N-dealkylation sites (tertiary alicyclic amines) is 1. The van der Waals surface area contributed by atoms with Crippen molar-refractivity contribution >= 4 is 29.1 Å². The molecule has 0 bridgehead atoms. The summed E-state index contributed by atoms with van der Waals surface area (Å²) in [7, 11) is 0. The fraction of sp³-hybridized carbons (Fsp3) is 0.450. The first kappa shape index (κ1) is 18.8. The Morgan fingerprint density at radius 2 is 1.92 bits per heavy atom. The topological polar surface area (TPSA) is 46.3 Å². The second kappa shape index (κ2) is 7.54. The number of nitrogens with zero attached hydrogens (tertiary/aromatic N) is 1. The van der Waals surface area contributed by atoms with Gasteiger partial charge in [0.15, 0.2) is 0 Å². The van der Waals surface area contributed by atoms with Crippen LogP contribution in [0, 0.1) is 5.41 Å². The van der Waals surface area contributed by atoms with E-state index in [2.05, 4.69) is 50.2 Å². The fourth-order valence-corrected chi connectivity index (χ4v) is 3.39. The molecule has 2 aromatic rings. The van der Waals surface area contributed by atoms with Crippen molar-refractivity contribution in [3.63, 3.8) is 0 Å². The fourth-order valence-electron chi connectivity index (χ4n) is 3.39. The van der Waals surface area contributed by atoms with E-state index < -0.39 is 0 Å². The van der Waals surface area contributed by atoms with E-state index in [-0.39, 0.29) is 29.8 Å². The SMILES string of the molecule is CC1(C)CN(C(=O)CCc2ccc3ccccc3c2)CCC1N.Cl. The Bertz CT molecular complexity index is 714. The molecule has 0 radical (unpaired) electrons. The summed E-state index contributed by atoms with van der Waals surface area (Å²) in [5.74, 6) is 0.248. The van der Waals surface area contributed by atoms with Gasteiger partial charge in [0.25, 0.3) is 0 Å². The van der Waals surface area contributed by atoms with Crippen LogP contribution >= 0.6 is 12.4 Å². The summed E-state index contributed by atoms with van der Waals surface area (Å²) in [5.41, 5.74) is 7.39. The lowest BCUT2D eigenvalue weighted by atomic mass is 9.79. The first-order valence-corrected chi connectivity index (χ1v) is 8.47. The standard InChI is InChI=1S/C20H26N2O.ClH/c1-20(2)14-22(12-11-18(20)21)19(23)10-8-15-7-9-16-5-3-4-6-17(16)13-15;/h3-7,9,13,18H,8,10-12,14,21H2,1-2H3;1H. The van der Waals surface area contributed by atoms with E-state index in [1.807, 2.05) is 11.0 Å². The van der Waals surface area contributed by atoms with Gasteiger partial charge in [-0.25, -0.2) is 0 Å². The Morgan fingerprint density at radius 1 is 1.21 bits per heavy atom. The molecule has 1 aliphatic rings. The number of halogens is 1. The molecule has 1 unspecified atom stereocenters. The average molecular weight is 347 g/mol. The zero-order valence-electron chi connectivity index (χ0n) is 14.5. The minimum absolute atomic E-state index is 0. The summed E-state index contributed by atoms with van der Waals surface area (Å²) in [6.07, 6.45) is 2.27. The lowest BCUT2D eigenvalue weighted by molar-refractivity contribution is -0.134. The molecule has 2 N–H and O–H groups in total. The van der Waals surface area contributed by atoms with Crippen LogP contribution in [0.2, 0.25) is 0 Å². The lowest BCUT2D eigenvalue weighted by Gasteiger charge is -2.42. The van der Waals surface area contributed by atoms with Gasteiger partial charge in [-0.05, 0) is 34.6 Å². The summed E-state index contributed by atoms with van der Waals surface area (Å²) in [5, 5.41) is 2.48. The van der Waals surface area contributed by atoms with Crippen LogP contribution < -0.4 is 5.73 Å². The van der Waals surface area contributed by atoms with Gasteiger partial charge in [-0.3, -0.25) is 4.79 Å². The summed E-state index contributed by atoms with van der Waals surface area (Å²) < 4.78 is 0. The van der Waals surface area contributed by atoms with Crippen LogP contribution in [0.5, 0.6) is 0 Å². The number of hydrogen-bond acceptors (Lipinski definition) is 2. The molecule has 1 aliphatic heterocycles. The molecule has 130 valence electrons. The smallest absolute Gasteiger partial charge is 0.222 e. The van der Waals surface area contributed by atoms with Crippen molar-refractivity contribution in [2.45, 2.75) is 39.2 Å². The minimum Gasteiger partial charge on any atom is -0.342 e. The molecule has 24 heavy (non-hydrogen) atoms. The van der Waals surface area contributed by atoms with Gasteiger partial charge in [0.05, 0.1) is 0 Å². The molecule has 0 aromatic heterocycles. The molecule has 2 aromatic carbocycles. The van der Waals surface area contributed by atoms with Gasteiger partial charge in [-0.1, -0.05) is 56.3 Å². The molecule has 1 saturated heterocycles. The lowest BCUT2D eigenvalue weighted by Crippen LogP contribution is -2.54. The van der Waals surface area contributed by atoms with Gasteiger partial charge in [0, 0.05) is 25.6 Å². The van der Waals surface area contributed by atoms with Gasteiger partial charge in [-0.15, -0.1) is 12.4 Å². The number of rotatable bonds is 3. The first-order valence-electron chi connectivity index (χ1n) is 8.47. The van der Waals surface area contributed by atoms with Crippen LogP contribution in [0.4, 0.5) is 0 Å². The maximum Gasteiger partial charge on any atom is 0.222 e. The summed E-state index contributed by atoms with van der Waals surface area (Å²) >= 11 is 0. The predicted octanol–water partition coefficient (Wildman–Crippen LogP) is 3.78. The van der Waals surface area contributed by atoms with Crippen LogP contribution in [0.3, 0.4) is 0 Å². The third-order valence-corrected chi connectivity index (χ3v) is 5.11. The Morgan fingerprint density at radius 3 is 2.62 bits per heavy atom. The summed E-state index contributed by atoms with van der Waals surface area (Å²) in [4.78, 5) is 14.5. The molecule has 1 atom stereocenters. The van der Waals surface area contributed by atoms with Gasteiger partial charge >= 0.3 is 0 Å². The number of carbonyl (C=O) groups excluding carboxylic acids is 1. The zero-order chi connectivity index (χ0) is 16.4. The molecule has 0 saturated carbocycles. The number of amides is 1. The Balaban J connectivity index is 0.00000208. The van der Waals surface area contributed by atoms with Crippen LogP contribution in [-0.4, -0.2) is 29.9 Å². The number of carbonyl (C=O) groups is 1. The third kappa shape index (κ3) is 4.08. The van der Waals surface area contributed by atoms with E-state index in [9.17, 15) is 4.79 Å². The normalized spacial score (nSPS) is 19.8. The summed E-state index contributed by atoms with van der Waals surface area (Å²) in [6.45, 7) is 5.87. The highest BCUT2D eigenvalue weighted by molar-refractivity contribution is 5.85. The van der Waals surface area contributed by atoms with Gasteiger partial charge < -0.3 is 10.6 Å². The zero-order valence-corrected chi connectivity index (χ0v) is 15.3. The van der Waals surface area contributed by atoms with Crippen molar-refractivity contribution in [2.75, 3.05) is 13.1 Å². The molecule has 3 rings (SSSR count). The van der Waals surface area contributed by atoms with Crippen molar-refractivity contribution in [1.29, 1.82) is 0 Å². The maximum atomic E-state index is 12.5. The highest BCUT2D eigenvalue weighted by atomic mass is 35.5. The predicted molar refractivity (Wildman–Crippen MR) is 102 cm³/mol. The van der Waals surface area contributed by atoms with E-state index in [0.29, 0.717) is 6.42 Å². The Hall–Kier alpha value is -1.58. The van der Waals surface area contributed by atoms with E-state index in [0.717, 1.165) is 25.9 Å². The number of aryl methyl sites for hydroxylation is 1. The van der Waals surface area contributed by atoms with Crippen LogP contribution in [-0.2, 0) is 11.2 Å². The number of nitrogens with two attached hydrogens (primary N) is 1. The first-order chi connectivity index (χ1) is 11.0. The molecule has 0 spiro atoms. The highest BCUT2D eigenvalue weighted by Crippen LogP contribution is 2.28. The van der Waals surface area contributed by atoms with Crippen LogP contribution in [0.1, 0.15) is 32.3 Å². The largest absolute Gasteiger partial charge is 0.342 e. The van der Waals surface area contributed by atoms with E-state index in [1.54, 1.807) is 0 Å². The number of fused-ring (bicyclic) bond motifs is 1. The third-order valence-electron chi connectivity index (χ3n) is 5.11. The van der Waals surface area contributed by atoms with Gasteiger partial charge in [0.2, 0.25) is 5.91 Å². The minimum atomic E-state index is 0. The number of benzene rings is 2. The molecule has 1 fully saturated rings. The second-order valence-corrected chi connectivity index (χ2v) is 7.38. The Kier molecular flexibility index (Phi) is 5.89. The molecule has 3 nitrogen and oxygen atoms in total. The molecule has 0 aliphatic carbocycles. The van der Waals surface area contributed by atoms with Crippen LogP contribution in [0.25, 0.3) is 10.8 Å². The van der Waals surface area contributed by atoms with Gasteiger partial charge in [0.1, 0.15) is 0 Å². The van der Waals surface area contributed by atoms with E-state index >= 15 is 0 Å². The van der Waals surface area contributed by atoms with Crippen molar-refractivity contribution in [3.8, 4) is 0 Å². The average Bonchev–Trinajstić information content (AvgIpc) is 2.55.